The quantitative estimate of drug-likeness (QED) is 0.851. The summed E-state index contributed by atoms with van der Waals surface area (Å²) >= 11 is 6.13. The van der Waals surface area contributed by atoms with E-state index in [2.05, 4.69) is 10.1 Å². The van der Waals surface area contributed by atoms with Crippen LogP contribution in [0.4, 0.5) is 14.5 Å². The lowest BCUT2D eigenvalue weighted by atomic mass is 10.1. The molecule has 0 atom stereocenters. The summed E-state index contributed by atoms with van der Waals surface area (Å²) in [6.07, 6.45) is 0. The summed E-state index contributed by atoms with van der Waals surface area (Å²) in [7, 11) is 0. The van der Waals surface area contributed by atoms with Gasteiger partial charge >= 0.3 is 6.61 Å². The predicted octanol–water partition coefficient (Wildman–Crippen LogP) is 4.86. The van der Waals surface area contributed by atoms with Crippen molar-refractivity contribution >= 4 is 17.3 Å². The van der Waals surface area contributed by atoms with Crippen molar-refractivity contribution in [3.63, 3.8) is 0 Å². The van der Waals surface area contributed by atoms with Gasteiger partial charge in [0.1, 0.15) is 5.75 Å². The Morgan fingerprint density at radius 2 is 1.95 bits per heavy atom. The third-order valence-electron chi connectivity index (χ3n) is 2.78. The second-order valence-corrected chi connectivity index (χ2v) is 4.73. The van der Waals surface area contributed by atoms with Crippen molar-refractivity contribution in [3.05, 3.63) is 58.6 Å². The average Bonchev–Trinajstić information content (AvgIpc) is 2.39. The number of ether oxygens (including phenoxy) is 1. The molecule has 0 aliphatic carbocycles. The molecule has 0 saturated heterocycles. The number of hydrogen-bond donors (Lipinski definition) is 1. The normalized spacial score (nSPS) is 10.7. The predicted molar refractivity (Wildman–Crippen MR) is 76.6 cm³/mol. The van der Waals surface area contributed by atoms with Crippen LogP contribution < -0.4 is 10.1 Å². The second kappa shape index (κ2) is 6.57. The largest absolute Gasteiger partial charge is 0.433 e. The Labute approximate surface area is 121 Å². The summed E-state index contributed by atoms with van der Waals surface area (Å²) < 4.78 is 29.1. The average molecular weight is 298 g/mol. The van der Waals surface area contributed by atoms with Gasteiger partial charge in [0.2, 0.25) is 0 Å². The maximum atomic E-state index is 12.3. The topological polar surface area (TPSA) is 21.3 Å². The Bertz CT molecular complexity index is 590. The fraction of sp³-hybridized carbons (Fsp3) is 0.200. The smallest absolute Gasteiger partial charge is 0.387 e. The molecule has 2 aromatic rings. The Kier molecular flexibility index (Phi) is 4.79. The Morgan fingerprint density at radius 1 is 1.20 bits per heavy atom. The highest BCUT2D eigenvalue weighted by Crippen LogP contribution is 2.27. The molecule has 5 heteroatoms. The van der Waals surface area contributed by atoms with Gasteiger partial charge in [-0.1, -0.05) is 35.9 Å². The zero-order valence-corrected chi connectivity index (χ0v) is 11.6. The van der Waals surface area contributed by atoms with Gasteiger partial charge in [-0.3, -0.25) is 0 Å². The summed E-state index contributed by atoms with van der Waals surface area (Å²) in [5, 5.41) is 3.70. The van der Waals surface area contributed by atoms with Crippen molar-refractivity contribution in [1.29, 1.82) is 0 Å². The van der Waals surface area contributed by atoms with Crippen molar-refractivity contribution in [3.8, 4) is 5.75 Å². The van der Waals surface area contributed by atoms with E-state index in [-0.39, 0.29) is 5.75 Å². The summed E-state index contributed by atoms with van der Waals surface area (Å²) in [4.78, 5) is 0. The van der Waals surface area contributed by atoms with Gasteiger partial charge in [-0.15, -0.1) is 0 Å². The number of benzene rings is 2. The molecule has 0 unspecified atom stereocenters. The van der Waals surface area contributed by atoms with Gasteiger partial charge < -0.3 is 10.1 Å². The van der Waals surface area contributed by atoms with E-state index >= 15 is 0 Å². The Balaban J connectivity index is 2.10. The highest BCUT2D eigenvalue weighted by molar-refractivity contribution is 6.31. The number of aryl methyl sites for hydroxylation is 1. The number of halogens is 3. The first kappa shape index (κ1) is 14.6. The van der Waals surface area contributed by atoms with Crippen molar-refractivity contribution < 1.29 is 13.5 Å². The molecule has 1 N–H and O–H groups in total. The molecule has 0 aliphatic rings. The van der Waals surface area contributed by atoms with Crippen LogP contribution in [0.3, 0.4) is 0 Å². The molecule has 2 rings (SSSR count). The van der Waals surface area contributed by atoms with Crippen LogP contribution in [0, 0.1) is 6.92 Å². The molecule has 2 nitrogen and oxygen atoms in total. The third kappa shape index (κ3) is 3.84. The Hall–Kier alpha value is -1.81. The van der Waals surface area contributed by atoms with Gasteiger partial charge in [0.05, 0.1) is 5.69 Å². The molecule has 2 aromatic carbocycles. The van der Waals surface area contributed by atoms with Crippen molar-refractivity contribution in [2.45, 2.75) is 20.1 Å². The van der Waals surface area contributed by atoms with E-state index in [0.29, 0.717) is 17.3 Å². The second-order valence-electron chi connectivity index (χ2n) is 4.32. The molecule has 0 aromatic heterocycles. The van der Waals surface area contributed by atoms with Crippen LogP contribution in [0.2, 0.25) is 5.02 Å². The van der Waals surface area contributed by atoms with Crippen molar-refractivity contribution in [2.24, 2.45) is 0 Å². The van der Waals surface area contributed by atoms with Gasteiger partial charge in [-0.25, -0.2) is 0 Å². The van der Waals surface area contributed by atoms with E-state index in [1.165, 1.54) is 6.07 Å². The van der Waals surface area contributed by atoms with Gasteiger partial charge in [-0.05, 0) is 36.2 Å². The number of nitrogens with one attached hydrogen (secondary N) is 1. The zero-order chi connectivity index (χ0) is 14.5. The SMILES string of the molecule is Cc1ccc(CNc2ccccc2OC(F)F)c(Cl)c1. The lowest BCUT2D eigenvalue weighted by Gasteiger charge is -2.13. The molecule has 0 fully saturated rings. The summed E-state index contributed by atoms with van der Waals surface area (Å²) in [5.74, 6) is 0.116. The molecule has 20 heavy (non-hydrogen) atoms. The first-order valence-corrected chi connectivity index (χ1v) is 6.47. The summed E-state index contributed by atoms with van der Waals surface area (Å²) in [5.41, 5.74) is 2.47. The van der Waals surface area contributed by atoms with E-state index in [1.807, 2.05) is 25.1 Å². The molecule has 0 saturated carbocycles. The van der Waals surface area contributed by atoms with E-state index in [1.54, 1.807) is 18.2 Å². The summed E-state index contributed by atoms with van der Waals surface area (Å²) in [6, 6.07) is 12.3. The van der Waals surface area contributed by atoms with Crippen LogP contribution in [-0.4, -0.2) is 6.61 Å². The highest BCUT2D eigenvalue weighted by atomic mass is 35.5. The van der Waals surface area contributed by atoms with Gasteiger partial charge in [-0.2, -0.15) is 8.78 Å². The number of rotatable bonds is 5. The number of hydrogen-bond acceptors (Lipinski definition) is 2. The minimum Gasteiger partial charge on any atom is -0.433 e. The van der Waals surface area contributed by atoms with Crippen LogP contribution in [0.5, 0.6) is 5.75 Å². The molecular formula is C15H14ClF2NO. The van der Waals surface area contributed by atoms with E-state index < -0.39 is 6.61 Å². The molecular weight excluding hydrogens is 284 g/mol. The number of alkyl halides is 2. The third-order valence-corrected chi connectivity index (χ3v) is 3.13. The molecule has 0 spiro atoms. The molecule has 0 bridgehead atoms. The first-order valence-electron chi connectivity index (χ1n) is 6.09. The molecule has 0 heterocycles. The zero-order valence-electron chi connectivity index (χ0n) is 10.9. The lowest BCUT2D eigenvalue weighted by Crippen LogP contribution is -2.06. The fourth-order valence-electron chi connectivity index (χ4n) is 1.80. The van der Waals surface area contributed by atoms with Crippen LogP contribution in [0.1, 0.15) is 11.1 Å². The standard InChI is InChI=1S/C15H14ClF2NO/c1-10-6-7-11(12(16)8-10)9-19-13-4-2-3-5-14(13)20-15(17)18/h2-8,15,19H,9H2,1H3. The molecule has 0 radical (unpaired) electrons. The maximum absolute atomic E-state index is 12.3. The van der Waals surface area contributed by atoms with E-state index in [4.69, 9.17) is 11.6 Å². The van der Waals surface area contributed by atoms with Gasteiger partial charge in [0.15, 0.2) is 0 Å². The Morgan fingerprint density at radius 3 is 2.65 bits per heavy atom. The molecule has 0 aliphatic heterocycles. The lowest BCUT2D eigenvalue weighted by molar-refractivity contribution is -0.0493. The van der Waals surface area contributed by atoms with Crippen LogP contribution >= 0.6 is 11.6 Å². The molecule has 106 valence electrons. The highest BCUT2D eigenvalue weighted by Gasteiger charge is 2.09. The first-order chi connectivity index (χ1) is 9.56. The monoisotopic (exact) mass is 297 g/mol. The summed E-state index contributed by atoms with van der Waals surface area (Å²) in [6.45, 7) is -0.460. The molecule has 0 amide bonds. The number of anilines is 1. The minimum atomic E-state index is -2.85. The fourth-order valence-corrected chi connectivity index (χ4v) is 2.10. The van der Waals surface area contributed by atoms with Gasteiger partial charge in [0.25, 0.3) is 0 Å². The number of para-hydroxylation sites is 2. The minimum absolute atomic E-state index is 0.116. The van der Waals surface area contributed by atoms with Crippen molar-refractivity contribution in [1.82, 2.24) is 0 Å². The van der Waals surface area contributed by atoms with Crippen molar-refractivity contribution in [2.75, 3.05) is 5.32 Å². The van der Waals surface area contributed by atoms with Crippen LogP contribution in [-0.2, 0) is 6.54 Å². The van der Waals surface area contributed by atoms with Gasteiger partial charge in [0, 0.05) is 11.6 Å². The van der Waals surface area contributed by atoms with Crippen LogP contribution in [0.25, 0.3) is 0 Å². The maximum Gasteiger partial charge on any atom is 0.387 e. The van der Waals surface area contributed by atoms with E-state index in [9.17, 15) is 8.78 Å². The van der Waals surface area contributed by atoms with E-state index in [0.717, 1.165) is 11.1 Å². The van der Waals surface area contributed by atoms with Crippen LogP contribution in [0.15, 0.2) is 42.5 Å².